The molecule has 0 fully saturated rings. The predicted molar refractivity (Wildman–Crippen MR) is 127 cm³/mol. The Labute approximate surface area is 186 Å². The van der Waals surface area contributed by atoms with Crippen molar-refractivity contribution < 1.29 is 14.9 Å². The van der Waals surface area contributed by atoms with E-state index >= 15 is 0 Å². The molecule has 168 valence electrons. The van der Waals surface area contributed by atoms with Crippen molar-refractivity contribution in [2.75, 3.05) is 19.0 Å². The van der Waals surface area contributed by atoms with Crippen LogP contribution in [-0.2, 0) is 21.3 Å². The molecule has 1 heterocycles. The smallest absolute Gasteiger partial charge is 0.304 e. The molecule has 2 aromatic carbocycles. The minimum atomic E-state index is -0.965. The summed E-state index contributed by atoms with van der Waals surface area (Å²) < 4.78 is 5.99. The third-order valence-corrected chi connectivity index (χ3v) is 5.83. The van der Waals surface area contributed by atoms with Crippen LogP contribution >= 0.6 is 0 Å². The van der Waals surface area contributed by atoms with E-state index in [0.717, 1.165) is 27.9 Å². The van der Waals surface area contributed by atoms with Gasteiger partial charge in [0, 0.05) is 42.0 Å². The number of phenols is 1. The predicted octanol–water partition coefficient (Wildman–Crippen LogP) is 5.73. The molecule has 5 heteroatoms. The number of benzene rings is 2. The number of aliphatic hydroxyl groups excluding tert-OH is 1. The van der Waals surface area contributed by atoms with Gasteiger partial charge in [0.25, 0.3) is 0 Å². The van der Waals surface area contributed by atoms with Crippen LogP contribution in [0.5, 0.6) is 5.75 Å². The van der Waals surface area contributed by atoms with Crippen LogP contribution < -0.4 is 10.2 Å². The first kappa shape index (κ1) is 22.9. The summed E-state index contributed by atoms with van der Waals surface area (Å²) in [5, 5.41) is 25.1. The zero-order chi connectivity index (χ0) is 23.4. The topological polar surface area (TPSA) is 65.0 Å². The molecule has 0 spiro atoms. The van der Waals surface area contributed by atoms with Crippen molar-refractivity contribution in [2.24, 2.45) is 0 Å². The maximum atomic E-state index is 11.0. The average molecular weight is 425 g/mol. The van der Waals surface area contributed by atoms with E-state index in [0.29, 0.717) is 11.4 Å². The van der Waals surface area contributed by atoms with Crippen LogP contribution in [-0.4, -0.2) is 24.3 Å². The molecule has 5 nitrogen and oxygen atoms in total. The lowest BCUT2D eigenvalue weighted by Crippen LogP contribution is -2.36. The Balaban J connectivity index is 2.05. The van der Waals surface area contributed by atoms with Gasteiger partial charge in [0.15, 0.2) is 0 Å². The molecule has 2 aromatic rings. The zero-order valence-electron chi connectivity index (χ0n) is 20.2. The highest BCUT2D eigenvalue weighted by molar-refractivity contribution is 5.69. The number of hydrogen-bond donors (Lipinski definition) is 3. The van der Waals surface area contributed by atoms with Gasteiger partial charge < -0.3 is 25.2 Å². The normalized spacial score (nSPS) is 19.3. The van der Waals surface area contributed by atoms with Gasteiger partial charge in [-0.3, -0.25) is 0 Å². The maximum absolute atomic E-state index is 11.0. The lowest BCUT2D eigenvalue weighted by Gasteiger charge is -2.32. The zero-order valence-corrected chi connectivity index (χ0v) is 20.2. The van der Waals surface area contributed by atoms with Crippen molar-refractivity contribution in [3.8, 4) is 5.75 Å². The third kappa shape index (κ3) is 4.32. The lowest BCUT2D eigenvalue weighted by molar-refractivity contribution is -0.0302. The molecule has 0 amide bonds. The highest BCUT2D eigenvalue weighted by Gasteiger charge is 2.40. The fraction of sp³-hybridized carbons (Fsp3) is 0.462. The molecule has 0 aliphatic carbocycles. The molecule has 3 rings (SSSR count). The number of phenolic OH excluding ortho intramolecular Hbond substituents is 1. The minimum Gasteiger partial charge on any atom is -0.507 e. The van der Waals surface area contributed by atoms with Crippen molar-refractivity contribution in [3.05, 3.63) is 64.6 Å². The summed E-state index contributed by atoms with van der Waals surface area (Å²) in [5.74, 6) is 0.185. The Kier molecular flexibility index (Phi) is 5.45. The van der Waals surface area contributed by atoms with Gasteiger partial charge in [-0.1, -0.05) is 53.7 Å². The van der Waals surface area contributed by atoms with E-state index < -0.39 is 5.72 Å². The number of ether oxygens (including phenoxy) is 1. The summed E-state index contributed by atoms with van der Waals surface area (Å²) in [4.78, 5) is 2.03. The molecule has 1 unspecified atom stereocenters. The summed E-state index contributed by atoms with van der Waals surface area (Å²) in [6.07, 6.45) is 0. The second-order valence-electron chi connectivity index (χ2n) is 10.8. The number of rotatable bonds is 3. The molecule has 1 aliphatic heterocycles. The van der Waals surface area contributed by atoms with Crippen LogP contribution in [0, 0.1) is 0 Å². The molecule has 1 aliphatic rings. The van der Waals surface area contributed by atoms with E-state index in [-0.39, 0.29) is 16.8 Å². The monoisotopic (exact) mass is 424 g/mol. The van der Waals surface area contributed by atoms with Gasteiger partial charge in [0.1, 0.15) is 11.4 Å². The van der Waals surface area contributed by atoms with Gasteiger partial charge in [-0.15, -0.1) is 0 Å². The molecule has 0 aromatic heterocycles. The number of nitrogens with zero attached hydrogens (tertiary/aromatic N) is 1. The van der Waals surface area contributed by atoms with Crippen molar-refractivity contribution >= 4 is 11.4 Å². The Morgan fingerprint density at radius 2 is 1.35 bits per heavy atom. The standard InChI is InChI=1S/C26H36N2O3/c1-24(2,3)19-14-17(15-20(22(19)29)25(4,5)6)26(7)27-21(23(30)31-26)16-10-12-18(13-11-16)28(8)9/h10-15,27,29-30H,1-9H3. The van der Waals surface area contributed by atoms with Gasteiger partial charge in [-0.2, -0.15) is 0 Å². The number of hydrogen-bond acceptors (Lipinski definition) is 5. The highest BCUT2D eigenvalue weighted by atomic mass is 16.6. The second kappa shape index (κ2) is 7.40. The van der Waals surface area contributed by atoms with Crippen molar-refractivity contribution in [1.82, 2.24) is 5.32 Å². The van der Waals surface area contributed by atoms with Crippen molar-refractivity contribution in [3.63, 3.8) is 0 Å². The molecule has 0 bridgehead atoms. The van der Waals surface area contributed by atoms with E-state index in [1.807, 2.05) is 62.3 Å². The van der Waals surface area contributed by atoms with Crippen LogP contribution in [0.1, 0.15) is 70.7 Å². The summed E-state index contributed by atoms with van der Waals surface area (Å²) >= 11 is 0. The lowest BCUT2D eigenvalue weighted by atomic mass is 9.77. The summed E-state index contributed by atoms with van der Waals surface area (Å²) in [5.41, 5.74) is 3.56. The third-order valence-electron chi connectivity index (χ3n) is 5.83. The van der Waals surface area contributed by atoms with Gasteiger partial charge in [0.05, 0.1) is 0 Å². The number of anilines is 1. The van der Waals surface area contributed by atoms with Gasteiger partial charge in [0.2, 0.25) is 5.72 Å². The van der Waals surface area contributed by atoms with Crippen LogP contribution in [0.4, 0.5) is 5.69 Å². The van der Waals surface area contributed by atoms with Crippen molar-refractivity contribution in [1.29, 1.82) is 0 Å². The first-order chi connectivity index (χ1) is 14.1. The van der Waals surface area contributed by atoms with Crippen LogP contribution in [0.15, 0.2) is 42.3 Å². The van der Waals surface area contributed by atoms with Gasteiger partial charge in [-0.25, -0.2) is 0 Å². The fourth-order valence-electron chi connectivity index (χ4n) is 3.87. The minimum absolute atomic E-state index is 0.136. The molecule has 0 radical (unpaired) electrons. The van der Waals surface area contributed by atoms with Crippen LogP contribution in [0.3, 0.4) is 0 Å². The molecule has 31 heavy (non-hydrogen) atoms. The Morgan fingerprint density at radius 1 is 0.871 bits per heavy atom. The fourth-order valence-corrected chi connectivity index (χ4v) is 3.87. The number of aliphatic hydroxyl groups is 1. The summed E-state index contributed by atoms with van der Waals surface area (Å²) in [7, 11) is 3.98. The molecule has 0 saturated heterocycles. The number of nitrogens with one attached hydrogen (secondary N) is 1. The van der Waals surface area contributed by atoms with E-state index in [4.69, 9.17) is 4.74 Å². The summed E-state index contributed by atoms with van der Waals surface area (Å²) in [6, 6.07) is 11.9. The summed E-state index contributed by atoms with van der Waals surface area (Å²) in [6.45, 7) is 14.4. The van der Waals surface area contributed by atoms with E-state index in [1.165, 1.54) is 0 Å². The molecular formula is C26H36N2O3. The number of aromatic hydroxyl groups is 1. The Morgan fingerprint density at radius 3 is 1.77 bits per heavy atom. The largest absolute Gasteiger partial charge is 0.507 e. The molecule has 3 N–H and O–H groups in total. The van der Waals surface area contributed by atoms with Crippen LogP contribution in [0.2, 0.25) is 0 Å². The first-order valence-electron chi connectivity index (χ1n) is 10.7. The average Bonchev–Trinajstić information content (AvgIpc) is 2.95. The maximum Gasteiger partial charge on any atom is 0.304 e. The molecular weight excluding hydrogens is 388 g/mol. The SMILES string of the molecule is CN(C)c1ccc(C2=C(O)OC(C)(c3cc(C(C)(C)C)c(O)c(C(C)(C)C)c3)N2)cc1. The van der Waals surface area contributed by atoms with Crippen LogP contribution in [0.25, 0.3) is 5.70 Å². The first-order valence-corrected chi connectivity index (χ1v) is 10.7. The molecule has 0 saturated carbocycles. The van der Waals surface area contributed by atoms with Crippen molar-refractivity contribution in [2.45, 2.75) is 65.0 Å². The second-order valence-corrected chi connectivity index (χ2v) is 10.8. The van der Waals surface area contributed by atoms with Gasteiger partial charge >= 0.3 is 5.95 Å². The Bertz CT molecular complexity index is 973. The van der Waals surface area contributed by atoms with Gasteiger partial charge in [-0.05, 0) is 42.0 Å². The highest BCUT2D eigenvalue weighted by Crippen LogP contribution is 2.44. The Hall–Kier alpha value is -2.82. The molecule has 1 atom stereocenters. The quantitative estimate of drug-likeness (QED) is 0.587. The van der Waals surface area contributed by atoms with E-state index in [9.17, 15) is 10.2 Å². The van der Waals surface area contributed by atoms with E-state index in [2.05, 4.69) is 46.9 Å². The van der Waals surface area contributed by atoms with E-state index in [1.54, 1.807) is 0 Å².